The minimum Gasteiger partial charge on any atom is -0.336 e. The molecule has 1 fully saturated rings. The first-order valence-electron chi connectivity index (χ1n) is 8.32. The molecular weight excluding hydrogens is 338 g/mol. The summed E-state index contributed by atoms with van der Waals surface area (Å²) < 4.78 is 0. The van der Waals surface area contributed by atoms with Crippen LogP contribution in [-0.2, 0) is 5.75 Å². The summed E-state index contributed by atoms with van der Waals surface area (Å²) in [6.45, 7) is 8.82. The van der Waals surface area contributed by atoms with Crippen molar-refractivity contribution in [3.8, 4) is 0 Å². The summed E-state index contributed by atoms with van der Waals surface area (Å²) in [7, 11) is 0. The second kappa shape index (κ2) is 8.14. The van der Waals surface area contributed by atoms with Gasteiger partial charge in [-0.25, -0.2) is 4.98 Å². The van der Waals surface area contributed by atoms with Gasteiger partial charge in [0, 0.05) is 42.2 Å². The molecule has 6 heteroatoms. The summed E-state index contributed by atoms with van der Waals surface area (Å²) in [5.41, 5.74) is 1.90. The second-order valence-electron chi connectivity index (χ2n) is 5.87. The average molecular weight is 362 g/mol. The predicted molar refractivity (Wildman–Crippen MR) is 101 cm³/mol. The van der Waals surface area contributed by atoms with Crippen molar-refractivity contribution in [3.05, 3.63) is 45.9 Å². The highest BCUT2D eigenvalue weighted by Gasteiger charge is 2.23. The topological polar surface area (TPSA) is 36.4 Å². The zero-order valence-corrected chi connectivity index (χ0v) is 15.8. The van der Waals surface area contributed by atoms with Crippen molar-refractivity contribution in [1.29, 1.82) is 0 Å². The van der Waals surface area contributed by atoms with E-state index in [0.29, 0.717) is 0 Å². The van der Waals surface area contributed by atoms with Crippen LogP contribution in [0.25, 0.3) is 0 Å². The normalized spacial score (nSPS) is 15.7. The van der Waals surface area contributed by atoms with E-state index < -0.39 is 0 Å². The second-order valence-corrected chi connectivity index (χ2v) is 7.95. The molecule has 1 aromatic heterocycles. The summed E-state index contributed by atoms with van der Waals surface area (Å²) in [6.07, 6.45) is 0. The highest BCUT2D eigenvalue weighted by molar-refractivity contribution is 7.98. The maximum atomic E-state index is 12.9. The van der Waals surface area contributed by atoms with E-state index in [-0.39, 0.29) is 5.91 Å². The van der Waals surface area contributed by atoms with Gasteiger partial charge in [-0.2, -0.15) is 0 Å². The molecule has 24 heavy (non-hydrogen) atoms. The van der Waals surface area contributed by atoms with Crippen molar-refractivity contribution >= 4 is 29.0 Å². The molecule has 0 atom stereocenters. The fourth-order valence-corrected chi connectivity index (χ4v) is 4.49. The number of carbonyl (C=O) groups is 1. The number of hydrogen-bond donors (Lipinski definition) is 0. The minimum atomic E-state index is 0.156. The van der Waals surface area contributed by atoms with Gasteiger partial charge in [0.25, 0.3) is 5.91 Å². The molecule has 1 saturated heterocycles. The number of benzene rings is 1. The Hall–Kier alpha value is -1.37. The van der Waals surface area contributed by atoms with Crippen LogP contribution in [0.4, 0.5) is 0 Å². The zero-order chi connectivity index (χ0) is 16.9. The van der Waals surface area contributed by atoms with Gasteiger partial charge in [0.05, 0.1) is 16.3 Å². The summed E-state index contributed by atoms with van der Waals surface area (Å²) >= 11 is 3.37. The van der Waals surface area contributed by atoms with Crippen molar-refractivity contribution in [2.24, 2.45) is 0 Å². The molecule has 0 N–H and O–H groups in total. The van der Waals surface area contributed by atoms with Crippen LogP contribution < -0.4 is 0 Å². The molecule has 2 heterocycles. The molecule has 0 unspecified atom stereocenters. The first kappa shape index (κ1) is 17.5. The number of carbonyl (C=O) groups excluding carboxylic acids is 1. The lowest BCUT2D eigenvalue weighted by atomic mass is 10.2. The van der Waals surface area contributed by atoms with Crippen molar-refractivity contribution in [2.75, 3.05) is 32.7 Å². The van der Waals surface area contributed by atoms with Gasteiger partial charge in [0.1, 0.15) is 0 Å². The van der Waals surface area contributed by atoms with Crippen LogP contribution in [0.15, 0.2) is 34.5 Å². The van der Waals surface area contributed by atoms with Crippen molar-refractivity contribution in [3.63, 3.8) is 0 Å². The maximum absolute atomic E-state index is 12.9. The molecule has 2 aromatic rings. The van der Waals surface area contributed by atoms with Gasteiger partial charge >= 0.3 is 0 Å². The molecular formula is C18H23N3OS2. The van der Waals surface area contributed by atoms with Gasteiger partial charge in [0.15, 0.2) is 0 Å². The number of nitrogens with zero attached hydrogens (tertiary/aromatic N) is 3. The average Bonchev–Trinajstić information content (AvgIpc) is 3.05. The minimum absolute atomic E-state index is 0.156. The highest BCUT2D eigenvalue weighted by Crippen LogP contribution is 2.28. The number of amides is 1. The Labute approximate surface area is 151 Å². The van der Waals surface area contributed by atoms with Crippen molar-refractivity contribution in [1.82, 2.24) is 14.8 Å². The Kier molecular flexibility index (Phi) is 5.92. The lowest BCUT2D eigenvalue weighted by Crippen LogP contribution is -2.48. The third-order valence-corrected chi connectivity index (χ3v) is 6.20. The number of thioether (sulfide) groups is 1. The molecule has 1 amide bonds. The SMILES string of the molecule is CCN1CCN(C(=O)c2ccccc2SCc2csc(C)n2)CC1. The number of aryl methyl sites for hydroxylation is 1. The van der Waals surface area contributed by atoms with Crippen LogP contribution in [-0.4, -0.2) is 53.4 Å². The van der Waals surface area contributed by atoms with Gasteiger partial charge in [-0.1, -0.05) is 19.1 Å². The van der Waals surface area contributed by atoms with E-state index in [0.717, 1.165) is 59.6 Å². The van der Waals surface area contributed by atoms with Gasteiger partial charge < -0.3 is 9.80 Å². The largest absolute Gasteiger partial charge is 0.336 e. The smallest absolute Gasteiger partial charge is 0.255 e. The monoisotopic (exact) mass is 361 g/mol. The van der Waals surface area contributed by atoms with Crippen LogP contribution >= 0.6 is 23.1 Å². The Morgan fingerprint density at radius 3 is 2.67 bits per heavy atom. The van der Waals surface area contributed by atoms with E-state index in [2.05, 4.69) is 22.2 Å². The summed E-state index contributed by atoms with van der Waals surface area (Å²) in [5.74, 6) is 0.960. The molecule has 1 aliphatic heterocycles. The highest BCUT2D eigenvalue weighted by atomic mass is 32.2. The zero-order valence-electron chi connectivity index (χ0n) is 14.2. The first-order valence-corrected chi connectivity index (χ1v) is 10.2. The van der Waals surface area contributed by atoms with Gasteiger partial charge in [-0.05, 0) is 25.6 Å². The van der Waals surface area contributed by atoms with E-state index in [1.807, 2.05) is 36.1 Å². The lowest BCUT2D eigenvalue weighted by molar-refractivity contribution is 0.0640. The molecule has 0 saturated carbocycles. The number of hydrogen-bond acceptors (Lipinski definition) is 5. The predicted octanol–water partition coefficient (Wildman–Crippen LogP) is 3.52. The Bertz CT molecular complexity index is 693. The Morgan fingerprint density at radius 2 is 2.00 bits per heavy atom. The lowest BCUT2D eigenvalue weighted by Gasteiger charge is -2.34. The van der Waals surface area contributed by atoms with Gasteiger partial charge in [-0.15, -0.1) is 23.1 Å². The third kappa shape index (κ3) is 4.18. The standard InChI is InChI=1S/C18H23N3OS2/c1-3-20-8-10-21(11-9-20)18(22)16-6-4-5-7-17(16)24-13-15-12-23-14(2)19-15/h4-7,12H,3,8-11,13H2,1-2H3. The first-order chi connectivity index (χ1) is 11.7. The molecule has 0 bridgehead atoms. The molecule has 3 rings (SSSR count). The summed E-state index contributed by atoms with van der Waals surface area (Å²) in [6, 6.07) is 7.94. The Balaban J connectivity index is 1.68. The van der Waals surface area contributed by atoms with Crippen LogP contribution in [0, 0.1) is 6.92 Å². The summed E-state index contributed by atoms with van der Waals surface area (Å²) in [4.78, 5) is 22.8. The molecule has 1 aromatic carbocycles. The molecule has 0 spiro atoms. The van der Waals surface area contributed by atoms with E-state index in [1.54, 1.807) is 23.1 Å². The molecule has 0 radical (unpaired) electrons. The van der Waals surface area contributed by atoms with E-state index in [9.17, 15) is 4.79 Å². The molecule has 128 valence electrons. The van der Waals surface area contributed by atoms with E-state index in [1.165, 1.54) is 0 Å². The van der Waals surface area contributed by atoms with Crippen LogP contribution in [0.3, 0.4) is 0 Å². The number of thiazole rings is 1. The number of aromatic nitrogens is 1. The Morgan fingerprint density at radius 1 is 1.25 bits per heavy atom. The quantitative estimate of drug-likeness (QED) is 0.764. The molecule has 1 aliphatic rings. The maximum Gasteiger partial charge on any atom is 0.255 e. The molecule has 4 nitrogen and oxygen atoms in total. The van der Waals surface area contributed by atoms with E-state index in [4.69, 9.17) is 0 Å². The van der Waals surface area contributed by atoms with Gasteiger partial charge in [0.2, 0.25) is 0 Å². The number of likely N-dealkylation sites (N-methyl/N-ethyl adjacent to an activating group) is 1. The fourth-order valence-electron chi connectivity index (χ4n) is 2.83. The summed E-state index contributed by atoms with van der Waals surface area (Å²) in [5, 5.41) is 3.18. The number of piperazine rings is 1. The fraction of sp³-hybridized carbons (Fsp3) is 0.444. The van der Waals surface area contributed by atoms with Crippen LogP contribution in [0.5, 0.6) is 0 Å². The number of rotatable bonds is 5. The van der Waals surface area contributed by atoms with Crippen molar-refractivity contribution in [2.45, 2.75) is 24.5 Å². The van der Waals surface area contributed by atoms with Crippen molar-refractivity contribution < 1.29 is 4.79 Å². The van der Waals surface area contributed by atoms with Crippen LogP contribution in [0.2, 0.25) is 0 Å². The van der Waals surface area contributed by atoms with E-state index >= 15 is 0 Å². The third-order valence-electron chi connectivity index (χ3n) is 4.27. The molecule has 0 aliphatic carbocycles. The van der Waals surface area contributed by atoms with Crippen LogP contribution in [0.1, 0.15) is 28.0 Å². The van der Waals surface area contributed by atoms with Gasteiger partial charge in [-0.3, -0.25) is 4.79 Å².